The molecule has 2 rings (SSSR count). The van der Waals surface area contributed by atoms with Crippen molar-refractivity contribution in [1.29, 1.82) is 0 Å². The largest absolute Gasteiger partial charge is 0.494 e. The van der Waals surface area contributed by atoms with E-state index in [2.05, 4.69) is 17.6 Å². The predicted molar refractivity (Wildman–Crippen MR) is 76.4 cm³/mol. The van der Waals surface area contributed by atoms with Crippen LogP contribution in [-0.4, -0.2) is 25.1 Å². The summed E-state index contributed by atoms with van der Waals surface area (Å²) < 4.78 is 5.43. The van der Waals surface area contributed by atoms with Gasteiger partial charge in [0.15, 0.2) is 0 Å². The summed E-state index contributed by atoms with van der Waals surface area (Å²) in [4.78, 5) is 12.2. The highest BCUT2D eigenvalue weighted by molar-refractivity contribution is 5.92. The average Bonchev–Trinajstić information content (AvgIpc) is 2.39. The van der Waals surface area contributed by atoms with Gasteiger partial charge in [-0.3, -0.25) is 4.79 Å². The first-order chi connectivity index (χ1) is 9.19. The second-order valence-electron chi connectivity index (χ2n) is 5.03. The maximum Gasteiger partial charge on any atom is 0.227 e. The fourth-order valence-corrected chi connectivity index (χ4v) is 2.44. The molecule has 2 atom stereocenters. The Bertz CT molecular complexity index is 434. The summed E-state index contributed by atoms with van der Waals surface area (Å²) in [5.41, 5.74) is 0.808. The van der Waals surface area contributed by atoms with Crippen LogP contribution in [-0.2, 0) is 4.79 Å². The Morgan fingerprint density at radius 2 is 2.37 bits per heavy atom. The molecule has 0 bridgehead atoms. The van der Waals surface area contributed by atoms with E-state index in [1.54, 1.807) is 0 Å². The van der Waals surface area contributed by atoms with E-state index in [4.69, 9.17) is 4.74 Å². The highest BCUT2D eigenvalue weighted by atomic mass is 16.5. The zero-order valence-corrected chi connectivity index (χ0v) is 11.6. The minimum absolute atomic E-state index is 0.104. The van der Waals surface area contributed by atoms with Crippen LogP contribution in [0.4, 0.5) is 5.69 Å². The number of piperidine rings is 1. The monoisotopic (exact) mass is 262 g/mol. The lowest BCUT2D eigenvalue weighted by Gasteiger charge is -2.27. The Balaban J connectivity index is 1.96. The molecule has 2 N–H and O–H groups in total. The SMILES string of the molecule is CCOc1cccc(NC(=O)[C@H]2CCN[C@@H](C)C2)c1. The smallest absolute Gasteiger partial charge is 0.227 e. The van der Waals surface area contributed by atoms with Gasteiger partial charge in [-0.05, 0) is 45.4 Å². The van der Waals surface area contributed by atoms with Crippen molar-refractivity contribution in [3.8, 4) is 5.75 Å². The van der Waals surface area contributed by atoms with E-state index in [9.17, 15) is 4.79 Å². The van der Waals surface area contributed by atoms with Gasteiger partial charge < -0.3 is 15.4 Å². The van der Waals surface area contributed by atoms with Gasteiger partial charge >= 0.3 is 0 Å². The first-order valence-corrected chi connectivity index (χ1v) is 6.96. The fourth-order valence-electron chi connectivity index (χ4n) is 2.44. The average molecular weight is 262 g/mol. The molecule has 1 aliphatic heterocycles. The van der Waals surface area contributed by atoms with Gasteiger partial charge in [0, 0.05) is 23.7 Å². The number of nitrogens with one attached hydrogen (secondary N) is 2. The molecule has 1 saturated heterocycles. The van der Waals surface area contributed by atoms with Crippen molar-refractivity contribution in [1.82, 2.24) is 5.32 Å². The van der Waals surface area contributed by atoms with Crippen LogP contribution in [0.2, 0.25) is 0 Å². The second kappa shape index (κ2) is 6.57. The zero-order chi connectivity index (χ0) is 13.7. The number of hydrogen-bond acceptors (Lipinski definition) is 3. The third-order valence-electron chi connectivity index (χ3n) is 3.41. The van der Waals surface area contributed by atoms with Gasteiger partial charge in [0.1, 0.15) is 5.75 Å². The molecule has 104 valence electrons. The van der Waals surface area contributed by atoms with Crippen molar-refractivity contribution in [2.24, 2.45) is 5.92 Å². The number of amides is 1. The van der Waals surface area contributed by atoms with E-state index < -0.39 is 0 Å². The first-order valence-electron chi connectivity index (χ1n) is 6.96. The maximum atomic E-state index is 12.2. The van der Waals surface area contributed by atoms with Crippen LogP contribution in [0.15, 0.2) is 24.3 Å². The second-order valence-corrected chi connectivity index (χ2v) is 5.03. The quantitative estimate of drug-likeness (QED) is 0.876. The summed E-state index contributed by atoms with van der Waals surface area (Å²) in [6.45, 7) is 5.61. The lowest BCUT2D eigenvalue weighted by atomic mass is 9.92. The van der Waals surface area contributed by atoms with Crippen LogP contribution in [0.1, 0.15) is 26.7 Å². The molecule has 0 aromatic heterocycles. The Labute approximate surface area is 114 Å². The topological polar surface area (TPSA) is 50.4 Å². The highest BCUT2D eigenvalue weighted by Crippen LogP contribution is 2.21. The molecule has 0 radical (unpaired) electrons. The molecule has 4 heteroatoms. The molecule has 1 heterocycles. The van der Waals surface area contributed by atoms with Gasteiger partial charge in [-0.2, -0.15) is 0 Å². The van der Waals surface area contributed by atoms with Crippen molar-refractivity contribution in [2.45, 2.75) is 32.7 Å². The third-order valence-corrected chi connectivity index (χ3v) is 3.41. The molecule has 0 aliphatic carbocycles. The molecule has 1 aliphatic rings. The third kappa shape index (κ3) is 3.96. The summed E-state index contributed by atoms with van der Waals surface area (Å²) >= 11 is 0. The Morgan fingerprint density at radius 1 is 1.53 bits per heavy atom. The van der Waals surface area contributed by atoms with Crippen LogP contribution < -0.4 is 15.4 Å². The lowest BCUT2D eigenvalue weighted by Crippen LogP contribution is -2.40. The summed E-state index contributed by atoms with van der Waals surface area (Å²) in [6, 6.07) is 7.97. The molecule has 4 nitrogen and oxygen atoms in total. The highest BCUT2D eigenvalue weighted by Gasteiger charge is 2.24. The molecule has 1 amide bonds. The molecule has 0 spiro atoms. The minimum Gasteiger partial charge on any atom is -0.494 e. The van der Waals surface area contributed by atoms with Crippen LogP contribution in [0.25, 0.3) is 0 Å². The number of benzene rings is 1. The van der Waals surface area contributed by atoms with Crippen LogP contribution in [0.5, 0.6) is 5.75 Å². The van der Waals surface area contributed by atoms with Crippen molar-refractivity contribution in [3.63, 3.8) is 0 Å². The number of carbonyl (C=O) groups is 1. The van der Waals surface area contributed by atoms with Gasteiger partial charge in [-0.15, -0.1) is 0 Å². The Morgan fingerprint density at radius 3 is 3.11 bits per heavy atom. The summed E-state index contributed by atoms with van der Waals surface area (Å²) in [6.07, 6.45) is 1.80. The van der Waals surface area contributed by atoms with Gasteiger partial charge in [0.05, 0.1) is 6.61 Å². The number of hydrogen-bond donors (Lipinski definition) is 2. The van der Waals surface area contributed by atoms with E-state index in [1.807, 2.05) is 31.2 Å². The summed E-state index contributed by atoms with van der Waals surface area (Å²) in [5, 5.41) is 6.34. The van der Waals surface area contributed by atoms with E-state index in [0.717, 1.165) is 30.8 Å². The van der Waals surface area contributed by atoms with Gasteiger partial charge in [-0.1, -0.05) is 6.07 Å². The predicted octanol–water partition coefficient (Wildman–Crippen LogP) is 2.41. The van der Waals surface area contributed by atoms with E-state index in [1.165, 1.54) is 0 Å². The number of rotatable bonds is 4. The number of anilines is 1. The molecule has 1 fully saturated rings. The standard InChI is InChI=1S/C15H22N2O2/c1-3-19-14-6-4-5-13(10-14)17-15(18)12-7-8-16-11(2)9-12/h4-6,10-12,16H,3,7-9H2,1-2H3,(H,17,18)/t11-,12-/m0/s1. The van der Waals surface area contributed by atoms with E-state index >= 15 is 0 Å². The first kappa shape index (κ1) is 13.9. The zero-order valence-electron chi connectivity index (χ0n) is 11.6. The van der Waals surface area contributed by atoms with Crippen molar-refractivity contribution in [2.75, 3.05) is 18.5 Å². The maximum absolute atomic E-state index is 12.2. The molecule has 0 unspecified atom stereocenters. The van der Waals surface area contributed by atoms with Gasteiger partial charge in [0.25, 0.3) is 0 Å². The summed E-state index contributed by atoms with van der Waals surface area (Å²) in [5.74, 6) is 1.01. The van der Waals surface area contributed by atoms with E-state index in [0.29, 0.717) is 12.6 Å². The van der Waals surface area contributed by atoms with Crippen molar-refractivity contribution in [3.05, 3.63) is 24.3 Å². The molecule has 19 heavy (non-hydrogen) atoms. The molecule has 1 aromatic rings. The van der Waals surface area contributed by atoms with Gasteiger partial charge in [0.2, 0.25) is 5.91 Å². The Kier molecular flexibility index (Phi) is 4.80. The number of carbonyl (C=O) groups excluding carboxylic acids is 1. The summed E-state index contributed by atoms with van der Waals surface area (Å²) in [7, 11) is 0. The molecule has 1 aromatic carbocycles. The van der Waals surface area contributed by atoms with Crippen molar-refractivity contribution < 1.29 is 9.53 Å². The normalized spacial score (nSPS) is 22.8. The van der Waals surface area contributed by atoms with E-state index in [-0.39, 0.29) is 11.8 Å². The van der Waals surface area contributed by atoms with Gasteiger partial charge in [-0.25, -0.2) is 0 Å². The van der Waals surface area contributed by atoms with Crippen LogP contribution in [0, 0.1) is 5.92 Å². The molecular weight excluding hydrogens is 240 g/mol. The fraction of sp³-hybridized carbons (Fsp3) is 0.533. The Hall–Kier alpha value is -1.55. The van der Waals surface area contributed by atoms with Crippen LogP contribution >= 0.6 is 0 Å². The van der Waals surface area contributed by atoms with Crippen molar-refractivity contribution >= 4 is 11.6 Å². The lowest BCUT2D eigenvalue weighted by molar-refractivity contribution is -0.120. The van der Waals surface area contributed by atoms with Crippen LogP contribution in [0.3, 0.4) is 0 Å². The molecular formula is C15H22N2O2. The molecule has 0 saturated carbocycles. The number of ether oxygens (including phenoxy) is 1. The minimum atomic E-state index is 0.104.